The highest BCUT2D eigenvalue weighted by atomic mass is 79.9. The first kappa shape index (κ1) is 26.3. The molecule has 0 radical (unpaired) electrons. The predicted octanol–water partition coefficient (Wildman–Crippen LogP) is 6.33. The van der Waals surface area contributed by atoms with Crippen LogP contribution in [0.5, 0.6) is 0 Å². The SMILES string of the molecule is O=C=Nc1cccc(C(=O)Nc2c(Br)cc([S+]([O-])C(F)(F)C(F)(F)C(F)(F)F)cc2Br)c1. The van der Waals surface area contributed by atoms with Crippen LogP contribution in [0.15, 0.2) is 55.2 Å². The fraction of sp³-hybridized carbons (Fsp3) is 0.176. The molecule has 32 heavy (non-hydrogen) atoms. The van der Waals surface area contributed by atoms with Gasteiger partial charge in [0.25, 0.3) is 5.91 Å². The molecular weight excluding hydrogens is 605 g/mol. The van der Waals surface area contributed by atoms with E-state index >= 15 is 0 Å². The van der Waals surface area contributed by atoms with Gasteiger partial charge in [-0.15, -0.1) is 8.78 Å². The summed E-state index contributed by atoms with van der Waals surface area (Å²) in [5, 5.41) is -3.64. The van der Waals surface area contributed by atoms with Crippen LogP contribution in [0.25, 0.3) is 0 Å². The quantitative estimate of drug-likeness (QED) is 0.179. The third-order valence-electron chi connectivity index (χ3n) is 3.71. The molecule has 0 aromatic heterocycles. The van der Waals surface area contributed by atoms with Crippen molar-refractivity contribution >= 4 is 66.4 Å². The maximum atomic E-state index is 13.8. The Morgan fingerprint density at radius 3 is 2.09 bits per heavy atom. The summed E-state index contributed by atoms with van der Waals surface area (Å²) in [6.07, 6.45) is -5.36. The van der Waals surface area contributed by atoms with Crippen LogP contribution in [0.1, 0.15) is 10.4 Å². The molecule has 1 unspecified atom stereocenters. The van der Waals surface area contributed by atoms with Crippen molar-refractivity contribution in [3.8, 4) is 0 Å². The van der Waals surface area contributed by atoms with Gasteiger partial charge in [-0.2, -0.15) is 26.9 Å². The Morgan fingerprint density at radius 2 is 1.59 bits per heavy atom. The van der Waals surface area contributed by atoms with E-state index in [1.54, 1.807) is 0 Å². The molecule has 2 aromatic carbocycles. The molecule has 0 fully saturated rings. The monoisotopic (exact) mass is 610 g/mol. The van der Waals surface area contributed by atoms with Crippen molar-refractivity contribution in [3.05, 3.63) is 50.9 Å². The number of nitrogens with zero attached hydrogens (tertiary/aromatic N) is 1. The van der Waals surface area contributed by atoms with Crippen LogP contribution in [0, 0.1) is 0 Å². The van der Waals surface area contributed by atoms with Crippen molar-refractivity contribution in [2.24, 2.45) is 4.99 Å². The van der Waals surface area contributed by atoms with E-state index in [-0.39, 0.29) is 25.9 Å². The zero-order chi connectivity index (χ0) is 24.5. The van der Waals surface area contributed by atoms with Crippen molar-refractivity contribution in [1.82, 2.24) is 0 Å². The van der Waals surface area contributed by atoms with Crippen molar-refractivity contribution in [3.63, 3.8) is 0 Å². The zero-order valence-electron chi connectivity index (χ0n) is 14.9. The van der Waals surface area contributed by atoms with Gasteiger partial charge in [-0.3, -0.25) is 4.79 Å². The summed E-state index contributed by atoms with van der Waals surface area (Å²) in [4.78, 5) is 25.0. The number of anilines is 1. The molecule has 0 spiro atoms. The molecule has 2 rings (SSSR count). The van der Waals surface area contributed by atoms with Crippen LogP contribution in [0.2, 0.25) is 0 Å². The molecule has 1 amide bonds. The minimum atomic E-state index is -6.64. The second-order valence-electron chi connectivity index (χ2n) is 5.83. The fourth-order valence-corrected chi connectivity index (χ4v) is 4.94. The number of amides is 1. The zero-order valence-corrected chi connectivity index (χ0v) is 18.9. The third kappa shape index (κ3) is 5.17. The standard InChI is InChI=1S/C17H7Br2F7N2O3S/c18-11-5-10(32(31)17(25,26)15(20,21)16(22,23)24)6-12(19)13(11)28-14(30)8-2-1-3-9(4-8)27-7-29/h1-6H,(H,28,30). The number of halogens is 9. The normalized spacial score (nSPS) is 13.3. The van der Waals surface area contributed by atoms with E-state index in [1.807, 2.05) is 0 Å². The second kappa shape index (κ2) is 9.51. The highest BCUT2D eigenvalue weighted by Gasteiger charge is 2.80. The Balaban J connectivity index is 2.37. The van der Waals surface area contributed by atoms with E-state index in [1.165, 1.54) is 30.3 Å². The van der Waals surface area contributed by atoms with Crippen molar-refractivity contribution < 1.29 is 44.9 Å². The maximum Gasteiger partial charge on any atom is 0.486 e. The van der Waals surface area contributed by atoms with Crippen LogP contribution in [0.3, 0.4) is 0 Å². The molecule has 0 saturated heterocycles. The molecule has 0 heterocycles. The molecule has 5 nitrogen and oxygen atoms in total. The minimum Gasteiger partial charge on any atom is -0.607 e. The first-order valence-electron chi connectivity index (χ1n) is 7.86. The first-order chi connectivity index (χ1) is 14.6. The molecule has 0 aliphatic carbocycles. The number of rotatable bonds is 6. The largest absolute Gasteiger partial charge is 0.607 e. The smallest absolute Gasteiger partial charge is 0.486 e. The summed E-state index contributed by atoms with van der Waals surface area (Å²) in [6.45, 7) is 0. The Morgan fingerprint density at radius 1 is 1.03 bits per heavy atom. The number of nitrogens with one attached hydrogen (secondary N) is 1. The molecular formula is C17H7Br2F7N2O3S. The van der Waals surface area contributed by atoms with Crippen LogP contribution < -0.4 is 5.32 Å². The lowest BCUT2D eigenvalue weighted by Crippen LogP contribution is -2.55. The summed E-state index contributed by atoms with van der Waals surface area (Å²) in [5.41, 5.74) is -0.0282. The van der Waals surface area contributed by atoms with Crippen molar-refractivity contribution in [2.45, 2.75) is 22.2 Å². The van der Waals surface area contributed by atoms with Gasteiger partial charge in [0.15, 0.2) is 4.90 Å². The summed E-state index contributed by atoms with van der Waals surface area (Å²) in [6, 6.07) is 6.54. The number of alkyl halides is 7. The van der Waals surface area contributed by atoms with Gasteiger partial charge in [0.2, 0.25) is 6.08 Å². The second-order valence-corrected chi connectivity index (χ2v) is 9.06. The molecule has 2 aromatic rings. The Hall–Kier alpha value is -1.93. The van der Waals surface area contributed by atoms with Crippen molar-refractivity contribution in [1.29, 1.82) is 0 Å². The Kier molecular flexibility index (Phi) is 7.83. The predicted molar refractivity (Wildman–Crippen MR) is 106 cm³/mol. The van der Waals surface area contributed by atoms with Gasteiger partial charge in [0.05, 0.1) is 22.6 Å². The number of carbonyl (C=O) groups is 1. The van der Waals surface area contributed by atoms with Gasteiger partial charge >= 0.3 is 17.4 Å². The van der Waals surface area contributed by atoms with Gasteiger partial charge in [0.1, 0.15) is 0 Å². The number of aliphatic imine (C=N–C) groups is 1. The first-order valence-corrected chi connectivity index (χ1v) is 10.6. The summed E-state index contributed by atoms with van der Waals surface area (Å²) >= 11 is 1.60. The summed E-state index contributed by atoms with van der Waals surface area (Å²) in [5.74, 6) is -7.34. The number of hydrogen-bond donors (Lipinski definition) is 1. The lowest BCUT2D eigenvalue weighted by atomic mass is 10.2. The van der Waals surface area contributed by atoms with Gasteiger partial charge in [-0.05, 0) is 50.1 Å². The highest BCUT2D eigenvalue weighted by Crippen LogP contribution is 2.51. The maximum absolute atomic E-state index is 13.8. The van der Waals surface area contributed by atoms with Crippen LogP contribution in [0.4, 0.5) is 42.1 Å². The molecule has 0 aliphatic rings. The molecule has 0 aliphatic heterocycles. The third-order valence-corrected chi connectivity index (χ3v) is 6.34. The van der Waals surface area contributed by atoms with Crippen LogP contribution >= 0.6 is 31.9 Å². The Labute approximate surface area is 194 Å². The minimum absolute atomic E-state index is 0.00399. The molecule has 1 N–H and O–H groups in total. The van der Waals surface area contributed by atoms with Gasteiger partial charge < -0.3 is 9.87 Å². The average Bonchev–Trinajstić information content (AvgIpc) is 2.69. The summed E-state index contributed by atoms with van der Waals surface area (Å²) < 4.78 is 102. The number of isocyanates is 1. The Bertz CT molecular complexity index is 1070. The fourth-order valence-electron chi connectivity index (χ4n) is 2.16. The molecule has 1 atom stereocenters. The summed E-state index contributed by atoms with van der Waals surface area (Å²) in [7, 11) is 0. The highest BCUT2D eigenvalue weighted by molar-refractivity contribution is 9.11. The van der Waals surface area contributed by atoms with Gasteiger partial charge in [0, 0.05) is 26.6 Å². The van der Waals surface area contributed by atoms with E-state index < -0.39 is 39.3 Å². The van der Waals surface area contributed by atoms with E-state index in [4.69, 9.17) is 0 Å². The van der Waals surface area contributed by atoms with E-state index in [9.17, 15) is 44.9 Å². The van der Waals surface area contributed by atoms with E-state index in [0.29, 0.717) is 12.1 Å². The number of carbonyl (C=O) groups excluding carboxylic acids is 2. The molecule has 15 heteroatoms. The van der Waals surface area contributed by atoms with Crippen molar-refractivity contribution in [2.75, 3.05) is 5.32 Å². The topological polar surface area (TPSA) is 81.6 Å². The van der Waals surface area contributed by atoms with E-state index in [0.717, 1.165) is 0 Å². The van der Waals surface area contributed by atoms with Crippen LogP contribution in [-0.2, 0) is 16.0 Å². The van der Waals surface area contributed by atoms with Crippen LogP contribution in [-0.4, -0.2) is 33.9 Å². The van der Waals surface area contributed by atoms with Gasteiger partial charge in [-0.1, -0.05) is 6.07 Å². The number of benzene rings is 2. The molecule has 172 valence electrons. The average molecular weight is 612 g/mol. The lowest BCUT2D eigenvalue weighted by Gasteiger charge is -2.28. The molecule has 0 saturated carbocycles. The lowest BCUT2D eigenvalue weighted by molar-refractivity contribution is -0.332. The van der Waals surface area contributed by atoms with E-state index in [2.05, 4.69) is 42.2 Å². The van der Waals surface area contributed by atoms with Gasteiger partial charge in [-0.25, -0.2) is 4.79 Å². The molecule has 0 bridgehead atoms. The number of hydrogen-bond acceptors (Lipinski definition) is 4.